The number of carbonyl (C=O) groups is 2. The summed E-state index contributed by atoms with van der Waals surface area (Å²) < 4.78 is 1.49. The molecule has 30 heavy (non-hydrogen) atoms. The second-order valence-electron chi connectivity index (χ2n) is 7.15. The Kier molecular flexibility index (Phi) is 6.10. The quantitative estimate of drug-likeness (QED) is 0.587. The average Bonchev–Trinajstić information content (AvgIpc) is 3.44. The van der Waals surface area contributed by atoms with Crippen molar-refractivity contribution in [2.45, 2.75) is 26.3 Å². The number of benzene rings is 1. The normalized spacial score (nSPS) is 15.1. The monoisotopic (exact) mass is 426 g/mol. The topological polar surface area (TPSA) is 118 Å². The van der Waals surface area contributed by atoms with Crippen LogP contribution in [-0.2, 0) is 11.3 Å². The third kappa shape index (κ3) is 4.86. The van der Waals surface area contributed by atoms with E-state index in [1.54, 1.807) is 35.6 Å². The van der Waals surface area contributed by atoms with E-state index in [2.05, 4.69) is 41.6 Å². The maximum absolute atomic E-state index is 12.4. The predicted molar refractivity (Wildman–Crippen MR) is 110 cm³/mol. The molecule has 2 amide bonds. The number of thiazole rings is 1. The zero-order valence-electron chi connectivity index (χ0n) is 16.5. The second-order valence-corrected chi connectivity index (χ2v) is 8.22. The van der Waals surface area contributed by atoms with Gasteiger partial charge in [-0.2, -0.15) is 0 Å². The maximum Gasteiger partial charge on any atom is 0.269 e. The molecular formula is C19H22N8O2S. The Balaban J connectivity index is 1.22. The van der Waals surface area contributed by atoms with Gasteiger partial charge in [-0.1, -0.05) is 0 Å². The number of likely N-dealkylation sites (tertiary alicyclic amines) is 1. The van der Waals surface area contributed by atoms with Gasteiger partial charge in [-0.15, -0.1) is 16.4 Å². The SMILES string of the molecule is Cc1nc(CN2CCC(C(=O)NNC(=O)c3ccc(-n4cnnn4)cc3)CC2)cs1. The average molecular weight is 427 g/mol. The van der Waals surface area contributed by atoms with E-state index in [0.29, 0.717) is 5.56 Å². The molecule has 2 aromatic heterocycles. The zero-order chi connectivity index (χ0) is 20.9. The number of carbonyl (C=O) groups excluding carboxylic acids is 2. The Labute approximate surface area is 177 Å². The summed E-state index contributed by atoms with van der Waals surface area (Å²) >= 11 is 1.65. The molecule has 1 fully saturated rings. The van der Waals surface area contributed by atoms with E-state index in [0.717, 1.165) is 48.9 Å². The molecule has 0 unspecified atom stereocenters. The van der Waals surface area contributed by atoms with Crippen LogP contribution >= 0.6 is 11.3 Å². The van der Waals surface area contributed by atoms with Gasteiger partial charge in [0.25, 0.3) is 5.91 Å². The van der Waals surface area contributed by atoms with E-state index >= 15 is 0 Å². The number of nitrogens with one attached hydrogen (secondary N) is 2. The van der Waals surface area contributed by atoms with Crippen molar-refractivity contribution in [3.8, 4) is 5.69 Å². The molecule has 0 atom stereocenters. The first kappa shape index (κ1) is 20.1. The van der Waals surface area contributed by atoms with Gasteiger partial charge < -0.3 is 0 Å². The smallest absolute Gasteiger partial charge is 0.269 e. The second kappa shape index (κ2) is 9.09. The molecule has 3 heterocycles. The molecule has 156 valence electrons. The number of tetrazole rings is 1. The number of nitrogens with zero attached hydrogens (tertiary/aromatic N) is 6. The maximum atomic E-state index is 12.4. The van der Waals surface area contributed by atoms with Crippen molar-refractivity contribution in [2.75, 3.05) is 13.1 Å². The summed E-state index contributed by atoms with van der Waals surface area (Å²) in [5.74, 6) is -0.637. The van der Waals surface area contributed by atoms with E-state index in [4.69, 9.17) is 0 Å². The van der Waals surface area contributed by atoms with Gasteiger partial charge in [0.15, 0.2) is 0 Å². The molecule has 2 N–H and O–H groups in total. The Morgan fingerprint density at radius 2 is 1.93 bits per heavy atom. The van der Waals surface area contributed by atoms with Gasteiger partial charge in [-0.25, -0.2) is 9.67 Å². The lowest BCUT2D eigenvalue weighted by Crippen LogP contribution is -2.47. The van der Waals surface area contributed by atoms with Gasteiger partial charge in [0.2, 0.25) is 5.91 Å². The fourth-order valence-corrected chi connectivity index (χ4v) is 4.00. The molecule has 11 heteroatoms. The van der Waals surface area contributed by atoms with Gasteiger partial charge in [-0.05, 0) is 67.5 Å². The number of hydrazine groups is 1. The summed E-state index contributed by atoms with van der Waals surface area (Å²) in [6, 6.07) is 6.76. The third-order valence-electron chi connectivity index (χ3n) is 5.05. The lowest BCUT2D eigenvalue weighted by Gasteiger charge is -2.30. The van der Waals surface area contributed by atoms with Crippen LogP contribution in [0.2, 0.25) is 0 Å². The first-order chi connectivity index (χ1) is 14.6. The van der Waals surface area contributed by atoms with Crippen LogP contribution in [-0.4, -0.2) is 55.0 Å². The number of aryl methyl sites for hydroxylation is 1. The predicted octanol–water partition coefficient (Wildman–Crippen LogP) is 1.10. The van der Waals surface area contributed by atoms with Crippen LogP contribution in [0, 0.1) is 12.8 Å². The molecule has 1 aromatic carbocycles. The Hall–Kier alpha value is -3.18. The Morgan fingerprint density at radius 1 is 1.17 bits per heavy atom. The van der Waals surface area contributed by atoms with E-state index in [-0.39, 0.29) is 17.7 Å². The minimum atomic E-state index is -0.372. The van der Waals surface area contributed by atoms with Gasteiger partial charge >= 0.3 is 0 Å². The Morgan fingerprint density at radius 3 is 2.57 bits per heavy atom. The van der Waals surface area contributed by atoms with Crippen LogP contribution in [0.15, 0.2) is 36.0 Å². The molecule has 3 aromatic rings. The van der Waals surface area contributed by atoms with Crippen LogP contribution in [0.25, 0.3) is 5.69 Å². The van der Waals surface area contributed by atoms with E-state index in [1.165, 1.54) is 11.0 Å². The highest BCUT2D eigenvalue weighted by atomic mass is 32.1. The number of aromatic nitrogens is 5. The molecule has 0 spiro atoms. The van der Waals surface area contributed by atoms with Crippen LogP contribution in [0.4, 0.5) is 0 Å². The first-order valence-corrected chi connectivity index (χ1v) is 10.5. The number of hydrogen-bond acceptors (Lipinski definition) is 8. The highest BCUT2D eigenvalue weighted by molar-refractivity contribution is 7.09. The molecule has 0 saturated carbocycles. The molecule has 0 aliphatic carbocycles. The summed E-state index contributed by atoms with van der Waals surface area (Å²) in [7, 11) is 0. The number of rotatable bonds is 5. The number of hydrogen-bond donors (Lipinski definition) is 2. The summed E-state index contributed by atoms with van der Waals surface area (Å²) in [5, 5.41) is 14.1. The van der Waals surface area contributed by atoms with Crippen molar-refractivity contribution in [1.82, 2.24) is 40.9 Å². The number of amides is 2. The summed E-state index contributed by atoms with van der Waals surface area (Å²) in [5.41, 5.74) is 7.30. The van der Waals surface area contributed by atoms with Crippen molar-refractivity contribution in [3.05, 3.63) is 52.2 Å². The molecule has 10 nitrogen and oxygen atoms in total. The van der Waals surface area contributed by atoms with Crippen molar-refractivity contribution in [1.29, 1.82) is 0 Å². The van der Waals surface area contributed by atoms with Gasteiger partial charge in [0, 0.05) is 23.4 Å². The van der Waals surface area contributed by atoms with Gasteiger partial charge in [0.1, 0.15) is 6.33 Å². The van der Waals surface area contributed by atoms with Crippen LogP contribution in [0.1, 0.15) is 33.9 Å². The van der Waals surface area contributed by atoms with Crippen LogP contribution in [0.3, 0.4) is 0 Å². The summed E-state index contributed by atoms with van der Waals surface area (Å²) in [4.78, 5) is 31.5. The first-order valence-electron chi connectivity index (χ1n) is 9.65. The fraction of sp³-hybridized carbons (Fsp3) is 0.368. The summed E-state index contributed by atoms with van der Waals surface area (Å²) in [6.07, 6.45) is 2.98. The molecule has 1 aliphatic rings. The lowest BCUT2D eigenvalue weighted by atomic mass is 9.96. The zero-order valence-corrected chi connectivity index (χ0v) is 17.3. The van der Waals surface area contributed by atoms with E-state index in [9.17, 15) is 9.59 Å². The highest BCUT2D eigenvalue weighted by Gasteiger charge is 2.25. The molecule has 0 radical (unpaired) electrons. The molecule has 1 aliphatic heterocycles. The van der Waals surface area contributed by atoms with Crippen molar-refractivity contribution in [3.63, 3.8) is 0 Å². The fourth-order valence-electron chi connectivity index (χ4n) is 3.40. The minimum Gasteiger partial charge on any atom is -0.297 e. The lowest BCUT2D eigenvalue weighted by molar-refractivity contribution is -0.127. The van der Waals surface area contributed by atoms with E-state index in [1.807, 2.05) is 6.92 Å². The third-order valence-corrected chi connectivity index (χ3v) is 5.88. The molecule has 1 saturated heterocycles. The molecular weight excluding hydrogens is 404 g/mol. The minimum absolute atomic E-state index is 0.110. The van der Waals surface area contributed by atoms with E-state index < -0.39 is 0 Å². The van der Waals surface area contributed by atoms with Crippen LogP contribution in [0.5, 0.6) is 0 Å². The van der Waals surface area contributed by atoms with Crippen molar-refractivity contribution < 1.29 is 9.59 Å². The van der Waals surface area contributed by atoms with Crippen molar-refractivity contribution in [2.24, 2.45) is 5.92 Å². The molecule has 4 rings (SSSR count). The van der Waals surface area contributed by atoms with Crippen LogP contribution < -0.4 is 10.9 Å². The molecule has 0 bridgehead atoms. The largest absolute Gasteiger partial charge is 0.297 e. The highest BCUT2D eigenvalue weighted by Crippen LogP contribution is 2.20. The summed E-state index contributed by atoms with van der Waals surface area (Å²) in [6.45, 7) is 4.49. The van der Waals surface area contributed by atoms with Gasteiger partial charge in [-0.3, -0.25) is 25.3 Å². The van der Waals surface area contributed by atoms with Gasteiger partial charge in [0.05, 0.1) is 16.4 Å². The van der Waals surface area contributed by atoms with Crippen molar-refractivity contribution >= 4 is 23.2 Å². The Bertz CT molecular complexity index is 994. The number of piperidine rings is 1. The standard InChI is InChI=1S/C19H22N8O2S/c1-13-21-16(11-30-13)10-26-8-6-15(7-9-26)19(29)23-22-18(28)14-2-4-17(5-3-14)27-12-20-24-25-27/h2-5,11-12,15H,6-10H2,1H3,(H,22,28)(H,23,29).